The van der Waals surface area contributed by atoms with E-state index in [1.54, 1.807) is 0 Å². The van der Waals surface area contributed by atoms with E-state index in [2.05, 4.69) is 104 Å². The molecule has 3 aromatic rings. The monoisotopic (exact) mass is 403 g/mol. The maximum Gasteiger partial charge on any atom is 0.0684 e. The van der Waals surface area contributed by atoms with E-state index >= 15 is 0 Å². The standard InChI is InChI=1S/C26H33N3O/c1-27(2)22-12-7-19(8-13-22)26(20-9-14-23(15-10-20)28(3)4)25-17-24(29(5)6)16-11-21(25)18-30/h7-17,26,30H,18H2,1-6H3. The molecular formula is C26H33N3O. The summed E-state index contributed by atoms with van der Waals surface area (Å²) >= 11 is 0. The molecule has 4 nitrogen and oxygen atoms in total. The Hall–Kier alpha value is -2.98. The van der Waals surface area contributed by atoms with Gasteiger partial charge >= 0.3 is 0 Å². The fourth-order valence-electron chi connectivity index (χ4n) is 3.75. The van der Waals surface area contributed by atoms with Crippen molar-refractivity contribution in [2.75, 3.05) is 57.0 Å². The summed E-state index contributed by atoms with van der Waals surface area (Å²) in [6.07, 6.45) is 0. The van der Waals surface area contributed by atoms with Gasteiger partial charge < -0.3 is 19.8 Å². The highest BCUT2D eigenvalue weighted by molar-refractivity contribution is 5.58. The number of aliphatic hydroxyl groups is 1. The van der Waals surface area contributed by atoms with Gasteiger partial charge in [-0.1, -0.05) is 30.3 Å². The third-order valence-corrected chi connectivity index (χ3v) is 5.61. The summed E-state index contributed by atoms with van der Waals surface area (Å²) in [7, 11) is 12.3. The van der Waals surface area contributed by atoms with E-state index in [0.717, 1.165) is 16.8 Å². The van der Waals surface area contributed by atoms with E-state index < -0.39 is 0 Å². The van der Waals surface area contributed by atoms with E-state index in [-0.39, 0.29) is 12.5 Å². The molecule has 0 aromatic heterocycles. The second kappa shape index (κ2) is 9.23. The molecule has 0 bridgehead atoms. The molecule has 0 radical (unpaired) electrons. The average Bonchev–Trinajstić information content (AvgIpc) is 2.74. The third kappa shape index (κ3) is 4.60. The van der Waals surface area contributed by atoms with E-state index in [9.17, 15) is 5.11 Å². The molecule has 4 heteroatoms. The predicted octanol–water partition coefficient (Wildman–Crippen LogP) is 4.56. The van der Waals surface area contributed by atoms with Gasteiger partial charge in [0, 0.05) is 65.3 Å². The summed E-state index contributed by atoms with van der Waals surface area (Å²) in [6.45, 7) is 0.0190. The normalized spacial score (nSPS) is 10.9. The minimum atomic E-state index is 0.0190. The second-order valence-corrected chi connectivity index (χ2v) is 8.34. The van der Waals surface area contributed by atoms with Crippen LogP contribution in [0, 0.1) is 0 Å². The van der Waals surface area contributed by atoms with E-state index in [1.165, 1.54) is 22.5 Å². The van der Waals surface area contributed by atoms with Crippen molar-refractivity contribution >= 4 is 17.1 Å². The van der Waals surface area contributed by atoms with Gasteiger partial charge in [0.1, 0.15) is 0 Å². The zero-order valence-corrected chi connectivity index (χ0v) is 18.9. The average molecular weight is 404 g/mol. The van der Waals surface area contributed by atoms with Crippen molar-refractivity contribution in [3.05, 3.63) is 89.0 Å². The molecule has 0 aliphatic heterocycles. The number of nitrogens with zero attached hydrogens (tertiary/aromatic N) is 3. The fraction of sp³-hybridized carbons (Fsp3) is 0.308. The van der Waals surface area contributed by atoms with Gasteiger partial charge in [0.15, 0.2) is 0 Å². The van der Waals surface area contributed by atoms with Gasteiger partial charge in [-0.3, -0.25) is 0 Å². The molecule has 0 aliphatic rings. The second-order valence-electron chi connectivity index (χ2n) is 8.34. The van der Waals surface area contributed by atoms with Crippen molar-refractivity contribution in [2.45, 2.75) is 12.5 Å². The van der Waals surface area contributed by atoms with Crippen molar-refractivity contribution in [3.8, 4) is 0 Å². The molecule has 0 amide bonds. The largest absolute Gasteiger partial charge is 0.392 e. The van der Waals surface area contributed by atoms with Gasteiger partial charge in [-0.15, -0.1) is 0 Å². The lowest BCUT2D eigenvalue weighted by Gasteiger charge is -2.25. The van der Waals surface area contributed by atoms with Crippen molar-refractivity contribution in [3.63, 3.8) is 0 Å². The number of hydrogen-bond acceptors (Lipinski definition) is 4. The number of hydrogen-bond donors (Lipinski definition) is 1. The minimum Gasteiger partial charge on any atom is -0.392 e. The first-order valence-electron chi connectivity index (χ1n) is 10.3. The molecule has 0 heterocycles. The Morgan fingerprint density at radius 2 is 1.00 bits per heavy atom. The van der Waals surface area contributed by atoms with Crippen molar-refractivity contribution in [1.82, 2.24) is 0 Å². The van der Waals surface area contributed by atoms with Gasteiger partial charge in [-0.25, -0.2) is 0 Å². The van der Waals surface area contributed by atoms with E-state index in [0.29, 0.717) is 0 Å². The molecule has 0 atom stereocenters. The van der Waals surface area contributed by atoms with Crippen LogP contribution < -0.4 is 14.7 Å². The lowest BCUT2D eigenvalue weighted by atomic mass is 9.82. The Kier molecular flexibility index (Phi) is 6.68. The van der Waals surface area contributed by atoms with Crippen LogP contribution in [0.1, 0.15) is 28.2 Å². The van der Waals surface area contributed by atoms with Crippen LogP contribution >= 0.6 is 0 Å². The molecule has 0 fully saturated rings. The smallest absolute Gasteiger partial charge is 0.0684 e. The summed E-state index contributed by atoms with van der Waals surface area (Å²) in [6, 6.07) is 23.7. The molecule has 0 saturated heterocycles. The molecule has 158 valence electrons. The number of anilines is 3. The lowest BCUT2D eigenvalue weighted by Crippen LogP contribution is -2.13. The summed E-state index contributed by atoms with van der Waals surface area (Å²) in [5.41, 5.74) is 7.99. The van der Waals surface area contributed by atoms with Gasteiger partial charge in [-0.2, -0.15) is 0 Å². The highest BCUT2D eigenvalue weighted by Gasteiger charge is 2.21. The summed E-state index contributed by atoms with van der Waals surface area (Å²) < 4.78 is 0. The molecule has 0 spiro atoms. The summed E-state index contributed by atoms with van der Waals surface area (Å²) in [5.74, 6) is 0.0412. The fourth-order valence-corrected chi connectivity index (χ4v) is 3.75. The van der Waals surface area contributed by atoms with Gasteiger partial charge in [0.05, 0.1) is 6.61 Å². The highest BCUT2D eigenvalue weighted by Crippen LogP contribution is 2.37. The summed E-state index contributed by atoms with van der Waals surface area (Å²) in [5, 5.41) is 10.1. The first-order valence-corrected chi connectivity index (χ1v) is 10.3. The Morgan fingerprint density at radius 3 is 1.37 bits per heavy atom. The molecular weight excluding hydrogens is 370 g/mol. The highest BCUT2D eigenvalue weighted by atomic mass is 16.3. The van der Waals surface area contributed by atoms with Crippen molar-refractivity contribution in [2.24, 2.45) is 0 Å². The van der Waals surface area contributed by atoms with E-state index in [4.69, 9.17) is 0 Å². The quantitative estimate of drug-likeness (QED) is 0.586. The van der Waals surface area contributed by atoms with E-state index in [1.807, 2.05) is 20.2 Å². The Bertz CT molecular complexity index is 909. The molecule has 3 rings (SSSR count). The zero-order valence-electron chi connectivity index (χ0n) is 18.9. The van der Waals surface area contributed by atoms with Crippen LogP contribution in [0.4, 0.5) is 17.1 Å². The molecule has 0 saturated carbocycles. The van der Waals surface area contributed by atoms with Crippen LogP contribution in [-0.4, -0.2) is 47.4 Å². The van der Waals surface area contributed by atoms with Gasteiger partial charge in [0.2, 0.25) is 0 Å². The lowest BCUT2D eigenvalue weighted by molar-refractivity contribution is 0.280. The molecule has 1 N–H and O–H groups in total. The van der Waals surface area contributed by atoms with Gasteiger partial charge in [-0.05, 0) is 58.7 Å². The first-order chi connectivity index (χ1) is 14.3. The Morgan fingerprint density at radius 1 is 0.600 bits per heavy atom. The van der Waals surface area contributed by atoms with Crippen molar-refractivity contribution in [1.29, 1.82) is 0 Å². The van der Waals surface area contributed by atoms with Crippen LogP contribution in [0.2, 0.25) is 0 Å². The van der Waals surface area contributed by atoms with Crippen molar-refractivity contribution < 1.29 is 5.11 Å². The van der Waals surface area contributed by atoms with Crippen LogP contribution in [0.3, 0.4) is 0 Å². The Balaban J connectivity index is 2.18. The molecule has 30 heavy (non-hydrogen) atoms. The number of benzene rings is 3. The SMILES string of the molecule is CN(C)c1ccc(C(c2ccc(N(C)C)cc2)c2cc(N(C)C)ccc2CO)cc1. The molecule has 0 aliphatic carbocycles. The molecule has 0 unspecified atom stereocenters. The van der Waals surface area contributed by atoms with Gasteiger partial charge in [0.25, 0.3) is 0 Å². The predicted molar refractivity (Wildman–Crippen MR) is 129 cm³/mol. The van der Waals surface area contributed by atoms with Crippen LogP contribution in [0.5, 0.6) is 0 Å². The van der Waals surface area contributed by atoms with Crippen LogP contribution in [-0.2, 0) is 6.61 Å². The number of aliphatic hydroxyl groups excluding tert-OH is 1. The maximum absolute atomic E-state index is 10.1. The molecule has 3 aromatic carbocycles. The topological polar surface area (TPSA) is 30.0 Å². The summed E-state index contributed by atoms with van der Waals surface area (Å²) in [4.78, 5) is 6.32. The maximum atomic E-state index is 10.1. The van der Waals surface area contributed by atoms with Crippen LogP contribution in [0.15, 0.2) is 66.7 Å². The third-order valence-electron chi connectivity index (χ3n) is 5.61. The minimum absolute atomic E-state index is 0.0190. The number of rotatable bonds is 7. The zero-order chi connectivity index (χ0) is 21.8. The Labute approximate surface area is 181 Å². The van der Waals surface area contributed by atoms with Crippen LogP contribution in [0.25, 0.3) is 0 Å². The first kappa shape index (κ1) is 21.7.